The van der Waals surface area contributed by atoms with Gasteiger partial charge in [-0.05, 0) is 6.07 Å². The maximum atomic E-state index is 5.25. The summed E-state index contributed by atoms with van der Waals surface area (Å²) in [7, 11) is 3.27. The van der Waals surface area contributed by atoms with Crippen LogP contribution >= 0.6 is 0 Å². The number of nitrogens with one attached hydrogen (secondary N) is 2. The molecule has 4 N–H and O–H groups in total. The molecule has 0 bridgehead atoms. The molecule has 5 heteroatoms. The van der Waals surface area contributed by atoms with Gasteiger partial charge < -0.3 is 9.47 Å². The minimum atomic E-state index is 0.551. The molecule has 0 aliphatic carbocycles. The van der Waals surface area contributed by atoms with Crippen molar-refractivity contribution in [3.8, 4) is 11.5 Å². The van der Waals surface area contributed by atoms with Gasteiger partial charge in [-0.25, -0.2) is 5.43 Å². The molecule has 0 heterocycles. The second-order valence-electron chi connectivity index (χ2n) is 2.99. The smallest absolute Gasteiger partial charge is 0.127 e. The van der Waals surface area contributed by atoms with Gasteiger partial charge in [-0.3, -0.25) is 11.2 Å². The zero-order valence-electron chi connectivity index (χ0n) is 9.04. The first kappa shape index (κ1) is 11.8. The molecular formula is C10H17N3O2. The van der Waals surface area contributed by atoms with E-state index in [1.807, 2.05) is 18.2 Å². The maximum Gasteiger partial charge on any atom is 0.127 e. The SMILES string of the molecule is COc1ccc(CNCNN)c(OC)c1. The van der Waals surface area contributed by atoms with Crippen LogP contribution in [0.3, 0.4) is 0 Å². The number of benzene rings is 1. The van der Waals surface area contributed by atoms with Crippen LogP contribution in [0.15, 0.2) is 18.2 Å². The molecule has 5 nitrogen and oxygen atoms in total. The Bertz CT molecular complexity index is 305. The van der Waals surface area contributed by atoms with Gasteiger partial charge >= 0.3 is 0 Å². The fourth-order valence-electron chi connectivity index (χ4n) is 1.27. The average molecular weight is 211 g/mol. The summed E-state index contributed by atoms with van der Waals surface area (Å²) in [6.07, 6.45) is 0. The van der Waals surface area contributed by atoms with Gasteiger partial charge in [0.25, 0.3) is 0 Å². The number of ether oxygens (including phenoxy) is 2. The molecule has 0 aliphatic rings. The summed E-state index contributed by atoms with van der Waals surface area (Å²) in [6.45, 7) is 1.24. The normalized spacial score (nSPS) is 10.1. The largest absolute Gasteiger partial charge is 0.497 e. The molecule has 0 radical (unpaired) electrons. The monoisotopic (exact) mass is 211 g/mol. The number of nitrogens with two attached hydrogens (primary N) is 1. The molecule has 0 amide bonds. The van der Waals surface area contributed by atoms with Crippen molar-refractivity contribution in [2.24, 2.45) is 5.84 Å². The van der Waals surface area contributed by atoms with E-state index in [1.54, 1.807) is 14.2 Å². The molecule has 0 saturated carbocycles. The number of hydrogen-bond donors (Lipinski definition) is 3. The van der Waals surface area contributed by atoms with Crippen molar-refractivity contribution in [3.63, 3.8) is 0 Å². The molecule has 0 saturated heterocycles. The summed E-state index contributed by atoms with van der Waals surface area (Å²) in [5, 5.41) is 3.11. The van der Waals surface area contributed by atoms with Crippen molar-refractivity contribution < 1.29 is 9.47 Å². The summed E-state index contributed by atoms with van der Waals surface area (Å²) in [5.41, 5.74) is 3.58. The van der Waals surface area contributed by atoms with Crippen molar-refractivity contribution in [2.75, 3.05) is 20.9 Å². The Morgan fingerprint density at radius 3 is 2.67 bits per heavy atom. The Morgan fingerprint density at radius 1 is 1.27 bits per heavy atom. The predicted octanol–water partition coefficient (Wildman–Crippen LogP) is 0.214. The molecule has 84 valence electrons. The van der Waals surface area contributed by atoms with Crippen LogP contribution in [0.2, 0.25) is 0 Å². The molecule has 0 aromatic heterocycles. The summed E-state index contributed by atoms with van der Waals surface area (Å²) >= 11 is 0. The van der Waals surface area contributed by atoms with Gasteiger partial charge in [0.15, 0.2) is 0 Å². The topological polar surface area (TPSA) is 68.5 Å². The lowest BCUT2D eigenvalue weighted by atomic mass is 10.2. The summed E-state index contributed by atoms with van der Waals surface area (Å²) < 4.78 is 10.4. The van der Waals surface area contributed by atoms with Crippen molar-refractivity contribution in [3.05, 3.63) is 23.8 Å². The lowest BCUT2D eigenvalue weighted by Gasteiger charge is -2.10. The van der Waals surface area contributed by atoms with E-state index in [0.29, 0.717) is 13.2 Å². The van der Waals surface area contributed by atoms with Gasteiger partial charge in [0.2, 0.25) is 0 Å². The van der Waals surface area contributed by atoms with Crippen molar-refractivity contribution >= 4 is 0 Å². The van der Waals surface area contributed by atoms with Crippen molar-refractivity contribution in [2.45, 2.75) is 6.54 Å². The van der Waals surface area contributed by atoms with Gasteiger partial charge in [-0.2, -0.15) is 0 Å². The third-order valence-corrected chi connectivity index (χ3v) is 2.04. The summed E-state index contributed by atoms with van der Waals surface area (Å²) in [6, 6.07) is 5.71. The zero-order valence-corrected chi connectivity index (χ0v) is 9.04. The maximum absolute atomic E-state index is 5.25. The van der Waals surface area contributed by atoms with E-state index in [-0.39, 0.29) is 0 Å². The van der Waals surface area contributed by atoms with Crippen LogP contribution in [0.5, 0.6) is 11.5 Å². The molecular weight excluding hydrogens is 194 g/mol. The number of hydrogen-bond acceptors (Lipinski definition) is 5. The number of hydrazine groups is 1. The average Bonchev–Trinajstić information content (AvgIpc) is 2.29. The first-order chi connectivity index (χ1) is 7.31. The van der Waals surface area contributed by atoms with Gasteiger partial charge in [-0.1, -0.05) is 6.07 Å². The van der Waals surface area contributed by atoms with Crippen LogP contribution in [0.4, 0.5) is 0 Å². The highest BCUT2D eigenvalue weighted by Crippen LogP contribution is 2.24. The second kappa shape index (κ2) is 6.23. The minimum absolute atomic E-state index is 0.551. The van der Waals surface area contributed by atoms with Crippen LogP contribution < -0.4 is 26.1 Å². The molecule has 0 fully saturated rings. The van der Waals surface area contributed by atoms with E-state index in [9.17, 15) is 0 Å². The Morgan fingerprint density at radius 2 is 2.07 bits per heavy atom. The Kier molecular flexibility index (Phi) is 4.89. The van der Waals surface area contributed by atoms with Gasteiger partial charge in [-0.15, -0.1) is 0 Å². The van der Waals surface area contributed by atoms with Gasteiger partial charge in [0.05, 0.1) is 20.9 Å². The fourth-order valence-corrected chi connectivity index (χ4v) is 1.27. The van der Waals surface area contributed by atoms with Gasteiger partial charge in [0.1, 0.15) is 11.5 Å². The van der Waals surface area contributed by atoms with E-state index < -0.39 is 0 Å². The van der Waals surface area contributed by atoms with Crippen LogP contribution in [0.25, 0.3) is 0 Å². The van der Waals surface area contributed by atoms with Crippen LogP contribution in [-0.2, 0) is 6.54 Å². The zero-order chi connectivity index (χ0) is 11.1. The van der Waals surface area contributed by atoms with Crippen LogP contribution in [0, 0.1) is 0 Å². The van der Waals surface area contributed by atoms with E-state index in [0.717, 1.165) is 17.1 Å². The lowest BCUT2D eigenvalue weighted by Crippen LogP contribution is -2.33. The molecule has 15 heavy (non-hydrogen) atoms. The molecule has 1 aromatic carbocycles. The van der Waals surface area contributed by atoms with Crippen LogP contribution in [-0.4, -0.2) is 20.9 Å². The summed E-state index contributed by atoms with van der Waals surface area (Å²) in [4.78, 5) is 0. The lowest BCUT2D eigenvalue weighted by molar-refractivity contribution is 0.389. The molecule has 1 aromatic rings. The predicted molar refractivity (Wildman–Crippen MR) is 58.6 cm³/mol. The molecule has 0 atom stereocenters. The third kappa shape index (κ3) is 3.39. The van der Waals surface area contributed by atoms with Gasteiger partial charge in [0, 0.05) is 18.2 Å². The van der Waals surface area contributed by atoms with E-state index in [1.165, 1.54) is 0 Å². The highest BCUT2D eigenvalue weighted by molar-refractivity contribution is 5.40. The quantitative estimate of drug-likeness (QED) is 0.272. The van der Waals surface area contributed by atoms with E-state index >= 15 is 0 Å². The Hall–Kier alpha value is -1.30. The molecule has 0 aliphatic heterocycles. The van der Waals surface area contributed by atoms with E-state index in [4.69, 9.17) is 15.3 Å². The highest BCUT2D eigenvalue weighted by Gasteiger charge is 2.03. The third-order valence-electron chi connectivity index (χ3n) is 2.04. The second-order valence-corrected chi connectivity index (χ2v) is 2.99. The van der Waals surface area contributed by atoms with Crippen LogP contribution in [0.1, 0.15) is 5.56 Å². The van der Waals surface area contributed by atoms with Crippen molar-refractivity contribution in [1.29, 1.82) is 0 Å². The molecule has 1 rings (SSSR count). The standard InChI is InChI=1S/C10H17N3O2/c1-14-9-4-3-8(6-12-7-13-11)10(5-9)15-2/h3-5,12-13H,6-7,11H2,1-2H3. The number of rotatable bonds is 6. The first-order valence-corrected chi connectivity index (χ1v) is 4.67. The van der Waals surface area contributed by atoms with Crippen molar-refractivity contribution in [1.82, 2.24) is 10.7 Å². The number of methoxy groups -OCH3 is 2. The van der Waals surface area contributed by atoms with E-state index in [2.05, 4.69) is 10.7 Å². The molecule has 0 spiro atoms. The highest BCUT2D eigenvalue weighted by atomic mass is 16.5. The minimum Gasteiger partial charge on any atom is -0.497 e. The molecule has 0 unspecified atom stereocenters. The Balaban J connectivity index is 2.69. The first-order valence-electron chi connectivity index (χ1n) is 4.67. The Labute approximate surface area is 89.5 Å². The summed E-state index contributed by atoms with van der Waals surface area (Å²) in [5.74, 6) is 6.73. The fraction of sp³-hybridized carbons (Fsp3) is 0.400.